The van der Waals surface area contributed by atoms with Gasteiger partial charge in [0.1, 0.15) is 5.78 Å². The highest BCUT2D eigenvalue weighted by Crippen LogP contribution is 2.41. The van der Waals surface area contributed by atoms with E-state index >= 15 is 0 Å². The minimum absolute atomic E-state index is 0.0120. The molecule has 1 aliphatic carbocycles. The standard InChI is InChI=1S/C26H26O3/c27-22(13-7-4-10-18-8-2-1-3-9-18)26-24(29)17-23(28)25(26)21-15-14-19-11-5-6-12-20(19)16-21/h1-3,5-6,8-9,11-16,24-27,29H,4,7,10,17H2/t24-,25-,26+/m1/s1. The lowest BCUT2D eigenvalue weighted by Gasteiger charge is -2.21. The first-order valence-corrected chi connectivity index (χ1v) is 10.3. The zero-order valence-electron chi connectivity index (χ0n) is 16.4. The van der Waals surface area contributed by atoms with Crippen LogP contribution in [0.4, 0.5) is 0 Å². The minimum atomic E-state index is -0.843. The number of aliphatic hydroxyl groups excluding tert-OH is 2. The van der Waals surface area contributed by atoms with E-state index in [1.807, 2.05) is 60.7 Å². The van der Waals surface area contributed by atoms with Crippen molar-refractivity contribution in [3.63, 3.8) is 0 Å². The van der Waals surface area contributed by atoms with Gasteiger partial charge in [0.05, 0.1) is 23.7 Å². The summed E-state index contributed by atoms with van der Waals surface area (Å²) >= 11 is 0. The Morgan fingerprint density at radius 2 is 1.69 bits per heavy atom. The third-order valence-electron chi connectivity index (χ3n) is 5.87. The molecule has 29 heavy (non-hydrogen) atoms. The van der Waals surface area contributed by atoms with E-state index in [4.69, 9.17) is 0 Å². The van der Waals surface area contributed by atoms with E-state index in [2.05, 4.69) is 12.1 Å². The van der Waals surface area contributed by atoms with Crippen molar-refractivity contribution in [2.24, 2.45) is 5.92 Å². The van der Waals surface area contributed by atoms with E-state index < -0.39 is 17.9 Å². The number of benzene rings is 3. The van der Waals surface area contributed by atoms with Crippen molar-refractivity contribution in [3.8, 4) is 0 Å². The number of aryl methyl sites for hydroxylation is 1. The molecule has 0 bridgehead atoms. The maximum atomic E-state index is 12.7. The molecule has 0 heterocycles. The summed E-state index contributed by atoms with van der Waals surface area (Å²) in [6, 6.07) is 24.2. The lowest BCUT2D eigenvalue weighted by atomic mass is 9.85. The van der Waals surface area contributed by atoms with Crippen LogP contribution in [0.3, 0.4) is 0 Å². The largest absolute Gasteiger partial charge is 0.512 e. The summed E-state index contributed by atoms with van der Waals surface area (Å²) in [5.74, 6) is -0.947. The Balaban J connectivity index is 1.51. The predicted molar refractivity (Wildman–Crippen MR) is 116 cm³/mol. The number of rotatable bonds is 6. The van der Waals surface area contributed by atoms with Crippen molar-refractivity contribution in [2.45, 2.75) is 37.7 Å². The van der Waals surface area contributed by atoms with E-state index in [-0.39, 0.29) is 18.0 Å². The lowest BCUT2D eigenvalue weighted by Crippen LogP contribution is -2.21. The van der Waals surface area contributed by atoms with E-state index in [1.54, 1.807) is 6.08 Å². The fourth-order valence-corrected chi connectivity index (χ4v) is 4.38. The Hall–Kier alpha value is -2.91. The summed E-state index contributed by atoms with van der Waals surface area (Å²) in [6.45, 7) is 0. The van der Waals surface area contributed by atoms with Crippen LogP contribution in [0.2, 0.25) is 0 Å². The minimum Gasteiger partial charge on any atom is -0.512 e. The molecule has 3 atom stereocenters. The van der Waals surface area contributed by atoms with Crippen LogP contribution in [0.15, 0.2) is 84.6 Å². The van der Waals surface area contributed by atoms with Gasteiger partial charge in [-0.3, -0.25) is 4.79 Å². The predicted octanol–water partition coefficient (Wildman–Crippen LogP) is 5.34. The Kier molecular flexibility index (Phi) is 5.77. The van der Waals surface area contributed by atoms with Gasteiger partial charge in [0.25, 0.3) is 0 Å². The van der Waals surface area contributed by atoms with Crippen LogP contribution in [0.5, 0.6) is 0 Å². The molecule has 148 valence electrons. The molecule has 0 saturated heterocycles. The summed E-state index contributed by atoms with van der Waals surface area (Å²) in [6.07, 6.45) is 3.58. The normalized spacial score (nSPS) is 22.3. The Morgan fingerprint density at radius 1 is 0.966 bits per heavy atom. The molecule has 0 amide bonds. The molecule has 3 nitrogen and oxygen atoms in total. The van der Waals surface area contributed by atoms with Crippen molar-refractivity contribution in [1.82, 2.24) is 0 Å². The molecule has 1 aliphatic rings. The molecule has 4 rings (SSSR count). The quantitative estimate of drug-likeness (QED) is 0.444. The number of hydrogen-bond acceptors (Lipinski definition) is 3. The zero-order chi connectivity index (χ0) is 20.2. The van der Waals surface area contributed by atoms with E-state index in [0.717, 1.165) is 29.2 Å². The first-order valence-electron chi connectivity index (χ1n) is 10.3. The summed E-state index contributed by atoms with van der Waals surface area (Å²) in [5.41, 5.74) is 2.13. The number of fused-ring (bicyclic) bond motifs is 1. The molecule has 0 aliphatic heterocycles. The third kappa shape index (κ3) is 4.25. The van der Waals surface area contributed by atoms with Gasteiger partial charge in [-0.25, -0.2) is 0 Å². The first-order chi connectivity index (χ1) is 14.1. The van der Waals surface area contributed by atoms with Crippen LogP contribution < -0.4 is 0 Å². The Labute approximate surface area is 171 Å². The number of hydrogen-bond donors (Lipinski definition) is 2. The number of allylic oxidation sites excluding steroid dienone is 1. The number of carbonyl (C=O) groups excluding carboxylic acids is 1. The molecule has 3 aromatic rings. The molecular formula is C26H26O3. The van der Waals surface area contributed by atoms with Gasteiger partial charge in [-0.2, -0.15) is 0 Å². The van der Waals surface area contributed by atoms with E-state index in [9.17, 15) is 15.0 Å². The third-order valence-corrected chi connectivity index (χ3v) is 5.87. The number of Topliss-reactive ketones (excluding diaryl/α,β-unsaturated/α-hetero) is 1. The van der Waals surface area contributed by atoms with Crippen molar-refractivity contribution in [1.29, 1.82) is 0 Å². The van der Waals surface area contributed by atoms with Gasteiger partial charge in [0, 0.05) is 6.42 Å². The van der Waals surface area contributed by atoms with Gasteiger partial charge in [-0.15, -0.1) is 0 Å². The highest BCUT2D eigenvalue weighted by molar-refractivity contribution is 5.91. The summed E-state index contributed by atoms with van der Waals surface area (Å²) in [4.78, 5) is 12.7. The highest BCUT2D eigenvalue weighted by Gasteiger charge is 2.44. The van der Waals surface area contributed by atoms with Gasteiger partial charge in [0.2, 0.25) is 0 Å². The highest BCUT2D eigenvalue weighted by atomic mass is 16.3. The van der Waals surface area contributed by atoms with Crippen molar-refractivity contribution < 1.29 is 15.0 Å². The molecule has 0 radical (unpaired) electrons. The van der Waals surface area contributed by atoms with Crippen LogP contribution in [-0.4, -0.2) is 22.1 Å². The van der Waals surface area contributed by atoms with Crippen LogP contribution in [0.25, 0.3) is 10.8 Å². The van der Waals surface area contributed by atoms with Crippen LogP contribution >= 0.6 is 0 Å². The Morgan fingerprint density at radius 3 is 2.48 bits per heavy atom. The summed E-state index contributed by atoms with van der Waals surface area (Å²) < 4.78 is 0. The average molecular weight is 386 g/mol. The molecule has 0 aromatic heterocycles. The second-order valence-corrected chi connectivity index (χ2v) is 7.85. The second-order valence-electron chi connectivity index (χ2n) is 7.85. The maximum Gasteiger partial charge on any atom is 0.143 e. The van der Waals surface area contributed by atoms with Crippen molar-refractivity contribution in [2.75, 3.05) is 0 Å². The molecule has 1 saturated carbocycles. The van der Waals surface area contributed by atoms with Gasteiger partial charge < -0.3 is 10.2 Å². The molecule has 0 spiro atoms. The number of unbranched alkanes of at least 4 members (excludes halogenated alkanes) is 1. The van der Waals surface area contributed by atoms with E-state index in [1.165, 1.54) is 5.56 Å². The average Bonchev–Trinajstić information content (AvgIpc) is 3.05. The van der Waals surface area contributed by atoms with Gasteiger partial charge in [-0.1, -0.05) is 72.8 Å². The molecule has 1 fully saturated rings. The molecular weight excluding hydrogens is 360 g/mol. The van der Waals surface area contributed by atoms with Crippen LogP contribution in [0, 0.1) is 5.92 Å². The fourth-order valence-electron chi connectivity index (χ4n) is 4.38. The topological polar surface area (TPSA) is 57.5 Å². The van der Waals surface area contributed by atoms with Crippen molar-refractivity contribution >= 4 is 16.6 Å². The zero-order valence-corrected chi connectivity index (χ0v) is 16.4. The molecule has 3 heteroatoms. The SMILES string of the molecule is O=C1C[C@@H](O)[C@H](C(O)=CCCCc2ccccc2)[C@@H]1c1ccc2ccccc2c1. The van der Waals surface area contributed by atoms with Gasteiger partial charge >= 0.3 is 0 Å². The summed E-state index contributed by atoms with van der Waals surface area (Å²) in [7, 11) is 0. The van der Waals surface area contributed by atoms with Crippen molar-refractivity contribution in [3.05, 3.63) is 95.8 Å². The molecule has 0 unspecified atom stereocenters. The smallest absolute Gasteiger partial charge is 0.143 e. The Bertz CT molecular complexity index is 1020. The molecule has 3 aromatic carbocycles. The number of carbonyl (C=O) groups is 1. The maximum absolute atomic E-state index is 12.7. The monoisotopic (exact) mass is 386 g/mol. The number of aliphatic hydroxyl groups is 2. The van der Waals surface area contributed by atoms with Gasteiger partial charge in [-0.05, 0) is 47.2 Å². The van der Waals surface area contributed by atoms with E-state index in [0.29, 0.717) is 6.42 Å². The molecule has 2 N–H and O–H groups in total. The second kappa shape index (κ2) is 8.62. The number of ketones is 1. The van der Waals surface area contributed by atoms with Crippen LogP contribution in [0.1, 0.15) is 36.3 Å². The lowest BCUT2D eigenvalue weighted by molar-refractivity contribution is -0.119. The van der Waals surface area contributed by atoms with Gasteiger partial charge in [0.15, 0.2) is 0 Å². The van der Waals surface area contributed by atoms with Crippen LogP contribution in [-0.2, 0) is 11.2 Å². The summed E-state index contributed by atoms with van der Waals surface area (Å²) in [5, 5.41) is 23.4. The fraction of sp³-hybridized carbons (Fsp3) is 0.269. The first kappa shape index (κ1) is 19.4.